The van der Waals surface area contributed by atoms with E-state index >= 15 is 0 Å². The molecule has 0 saturated carbocycles. The number of morpholine rings is 1. The lowest BCUT2D eigenvalue weighted by Gasteiger charge is -2.27. The van der Waals surface area contributed by atoms with E-state index in [4.69, 9.17) is 4.74 Å². The van der Waals surface area contributed by atoms with Crippen LogP contribution in [0.15, 0.2) is 23.4 Å². The van der Waals surface area contributed by atoms with Crippen molar-refractivity contribution >= 4 is 23.6 Å². The Labute approximate surface area is 162 Å². The first-order valence-corrected chi connectivity index (χ1v) is 9.97. The molecule has 1 N–H and O–H groups in total. The summed E-state index contributed by atoms with van der Waals surface area (Å²) in [6.07, 6.45) is 0. The molecule has 27 heavy (non-hydrogen) atoms. The fourth-order valence-electron chi connectivity index (χ4n) is 2.79. The van der Waals surface area contributed by atoms with Crippen LogP contribution >= 0.6 is 11.8 Å². The van der Waals surface area contributed by atoms with Crippen molar-refractivity contribution in [2.24, 2.45) is 0 Å². The average Bonchev–Trinajstić information content (AvgIpc) is 3.11. The molecule has 1 aromatic heterocycles. The van der Waals surface area contributed by atoms with E-state index in [9.17, 15) is 9.18 Å². The van der Waals surface area contributed by atoms with Crippen LogP contribution in [0.2, 0.25) is 0 Å². The predicted octanol–water partition coefficient (Wildman–Crippen LogP) is 1.99. The molecule has 1 aliphatic rings. The number of thioether (sulfide) groups is 1. The van der Waals surface area contributed by atoms with Crippen molar-refractivity contribution in [2.75, 3.05) is 37.0 Å². The first kappa shape index (κ1) is 19.6. The Balaban J connectivity index is 1.53. The second-order valence-corrected chi connectivity index (χ2v) is 7.22. The monoisotopic (exact) mass is 393 g/mol. The smallest absolute Gasteiger partial charge is 0.230 e. The minimum atomic E-state index is -0.261. The molecule has 2 heterocycles. The zero-order chi connectivity index (χ0) is 19.2. The Bertz CT molecular complexity index is 792. The van der Waals surface area contributed by atoms with Crippen molar-refractivity contribution in [1.82, 2.24) is 20.1 Å². The number of nitrogens with zero attached hydrogens (tertiary/aromatic N) is 4. The lowest BCUT2D eigenvalue weighted by atomic mass is 10.1. The minimum absolute atomic E-state index is 0.125. The topological polar surface area (TPSA) is 72.3 Å². The molecule has 0 radical (unpaired) electrons. The van der Waals surface area contributed by atoms with Gasteiger partial charge in [-0.2, -0.15) is 0 Å². The highest BCUT2D eigenvalue weighted by atomic mass is 32.2. The van der Waals surface area contributed by atoms with Crippen LogP contribution in [0, 0.1) is 12.7 Å². The number of hydrogen-bond acceptors (Lipinski definition) is 6. The summed E-state index contributed by atoms with van der Waals surface area (Å²) in [4.78, 5) is 14.3. The maximum Gasteiger partial charge on any atom is 0.230 e. The molecule has 7 nitrogen and oxygen atoms in total. The molecule has 1 aromatic carbocycles. The molecule has 9 heteroatoms. The van der Waals surface area contributed by atoms with Crippen LogP contribution in [0.4, 0.5) is 10.3 Å². The number of aromatic nitrogens is 3. The van der Waals surface area contributed by atoms with Gasteiger partial charge in [-0.3, -0.25) is 9.36 Å². The van der Waals surface area contributed by atoms with Crippen molar-refractivity contribution in [2.45, 2.75) is 32.1 Å². The van der Waals surface area contributed by atoms with Gasteiger partial charge in [0.15, 0.2) is 5.16 Å². The van der Waals surface area contributed by atoms with Crippen LogP contribution in [0.3, 0.4) is 0 Å². The number of ether oxygens (including phenoxy) is 1. The number of aryl methyl sites for hydroxylation is 1. The second kappa shape index (κ2) is 9.18. The first-order chi connectivity index (χ1) is 13.1. The Hall–Kier alpha value is -2.13. The molecule has 0 bridgehead atoms. The van der Waals surface area contributed by atoms with Crippen LogP contribution in [0.5, 0.6) is 0 Å². The molecule has 0 atom stereocenters. The molecule has 1 aliphatic heterocycles. The van der Waals surface area contributed by atoms with Gasteiger partial charge in [0.25, 0.3) is 0 Å². The fourth-order valence-corrected chi connectivity index (χ4v) is 3.62. The van der Waals surface area contributed by atoms with Gasteiger partial charge in [0.05, 0.1) is 19.0 Å². The predicted molar refractivity (Wildman–Crippen MR) is 102 cm³/mol. The van der Waals surface area contributed by atoms with E-state index in [0.717, 1.165) is 36.3 Å². The molecule has 0 aliphatic carbocycles. The molecular weight excluding hydrogens is 369 g/mol. The molecule has 1 amide bonds. The van der Waals surface area contributed by atoms with E-state index in [2.05, 4.69) is 20.4 Å². The number of halogens is 1. The van der Waals surface area contributed by atoms with Gasteiger partial charge in [-0.25, -0.2) is 4.39 Å². The minimum Gasteiger partial charge on any atom is -0.378 e. The van der Waals surface area contributed by atoms with Crippen molar-refractivity contribution in [1.29, 1.82) is 0 Å². The van der Waals surface area contributed by atoms with Crippen LogP contribution in [-0.2, 0) is 22.6 Å². The third kappa shape index (κ3) is 4.98. The Kier molecular flexibility index (Phi) is 6.68. The number of rotatable bonds is 7. The van der Waals surface area contributed by atoms with Crippen molar-refractivity contribution in [3.63, 3.8) is 0 Å². The molecule has 1 fully saturated rings. The van der Waals surface area contributed by atoms with Crippen LogP contribution < -0.4 is 10.2 Å². The van der Waals surface area contributed by atoms with Gasteiger partial charge in [-0.1, -0.05) is 23.9 Å². The van der Waals surface area contributed by atoms with Crippen molar-refractivity contribution in [3.8, 4) is 0 Å². The summed E-state index contributed by atoms with van der Waals surface area (Å²) in [6.45, 7) is 7.71. The van der Waals surface area contributed by atoms with Gasteiger partial charge < -0.3 is 15.0 Å². The number of carbonyl (C=O) groups excluding carboxylic acids is 1. The van der Waals surface area contributed by atoms with Gasteiger partial charge in [0.2, 0.25) is 11.9 Å². The summed E-state index contributed by atoms with van der Waals surface area (Å²) in [5.74, 6) is 0.663. The summed E-state index contributed by atoms with van der Waals surface area (Å²) in [6, 6.07) is 4.97. The Morgan fingerprint density at radius 3 is 2.81 bits per heavy atom. The third-order valence-corrected chi connectivity index (χ3v) is 5.33. The summed E-state index contributed by atoms with van der Waals surface area (Å²) in [5, 5.41) is 12.1. The highest BCUT2D eigenvalue weighted by Gasteiger charge is 2.20. The molecule has 146 valence electrons. The van der Waals surface area contributed by atoms with Crippen LogP contribution in [0.1, 0.15) is 18.1 Å². The maximum atomic E-state index is 13.6. The Morgan fingerprint density at radius 1 is 1.33 bits per heavy atom. The zero-order valence-electron chi connectivity index (χ0n) is 15.6. The fraction of sp³-hybridized carbons (Fsp3) is 0.500. The second-order valence-electron chi connectivity index (χ2n) is 6.28. The summed E-state index contributed by atoms with van der Waals surface area (Å²) < 4.78 is 21.0. The standard InChI is InChI=1S/C18H24FN5O2S/c1-3-24-17(23-6-8-26-9-7-23)21-22-18(24)27-12-16(25)20-11-14-5-4-13(2)15(19)10-14/h4-5,10H,3,6-9,11-12H2,1-2H3,(H,20,25). The molecule has 0 unspecified atom stereocenters. The SMILES string of the molecule is CCn1c(SCC(=O)NCc2ccc(C)c(F)c2)nnc1N1CCOCC1. The lowest BCUT2D eigenvalue weighted by Crippen LogP contribution is -2.38. The number of amides is 1. The van der Waals surface area contributed by atoms with Gasteiger partial charge in [-0.15, -0.1) is 10.2 Å². The number of nitrogens with one attached hydrogen (secondary N) is 1. The quantitative estimate of drug-likeness (QED) is 0.726. The summed E-state index contributed by atoms with van der Waals surface area (Å²) in [5.41, 5.74) is 1.33. The van der Waals surface area contributed by atoms with E-state index in [-0.39, 0.29) is 17.5 Å². The van der Waals surface area contributed by atoms with E-state index < -0.39 is 0 Å². The van der Waals surface area contributed by atoms with Crippen molar-refractivity contribution < 1.29 is 13.9 Å². The number of anilines is 1. The average molecular weight is 393 g/mol. The molecule has 3 rings (SSSR count). The molecular formula is C18H24FN5O2S. The van der Waals surface area contributed by atoms with Gasteiger partial charge in [0.1, 0.15) is 5.82 Å². The van der Waals surface area contributed by atoms with E-state index in [1.54, 1.807) is 13.0 Å². The zero-order valence-corrected chi connectivity index (χ0v) is 16.4. The largest absolute Gasteiger partial charge is 0.378 e. The van der Waals surface area contributed by atoms with Crippen LogP contribution in [-0.4, -0.2) is 52.7 Å². The van der Waals surface area contributed by atoms with E-state index in [0.29, 0.717) is 25.3 Å². The normalized spacial score (nSPS) is 14.4. The highest BCUT2D eigenvalue weighted by Crippen LogP contribution is 2.22. The maximum absolute atomic E-state index is 13.6. The third-order valence-electron chi connectivity index (χ3n) is 4.37. The van der Waals surface area contributed by atoms with Crippen LogP contribution in [0.25, 0.3) is 0 Å². The molecule has 1 saturated heterocycles. The molecule has 0 spiro atoms. The van der Waals surface area contributed by atoms with E-state index in [1.807, 2.05) is 17.6 Å². The lowest BCUT2D eigenvalue weighted by molar-refractivity contribution is -0.118. The highest BCUT2D eigenvalue weighted by molar-refractivity contribution is 7.99. The van der Waals surface area contributed by atoms with Crippen molar-refractivity contribution in [3.05, 3.63) is 35.1 Å². The number of benzene rings is 1. The summed E-state index contributed by atoms with van der Waals surface area (Å²) >= 11 is 1.35. The van der Waals surface area contributed by atoms with Gasteiger partial charge >= 0.3 is 0 Å². The molecule has 2 aromatic rings. The van der Waals surface area contributed by atoms with Gasteiger partial charge in [0, 0.05) is 26.2 Å². The number of hydrogen-bond donors (Lipinski definition) is 1. The Morgan fingerprint density at radius 2 is 2.11 bits per heavy atom. The van der Waals surface area contributed by atoms with E-state index in [1.165, 1.54) is 17.8 Å². The first-order valence-electron chi connectivity index (χ1n) is 8.99. The number of carbonyl (C=O) groups is 1. The van der Waals surface area contributed by atoms with Gasteiger partial charge in [-0.05, 0) is 31.0 Å². The summed E-state index contributed by atoms with van der Waals surface area (Å²) in [7, 11) is 0.